The number of thioether (sulfide) groups is 1. The number of hydrogen-bond donors (Lipinski definition) is 0. The third kappa shape index (κ3) is 3.95. The average Bonchev–Trinajstić information content (AvgIpc) is 2.67. The molecule has 0 N–H and O–H groups in total. The summed E-state index contributed by atoms with van der Waals surface area (Å²) in [5.74, 6) is 1.21. The molecule has 120 valence electrons. The Morgan fingerprint density at radius 2 is 1.29 bits per heavy atom. The number of carbonyl (C=O) groups excluding carboxylic acids is 1. The zero-order valence-corrected chi connectivity index (χ0v) is 14.6. The van der Waals surface area contributed by atoms with Gasteiger partial charge in [0, 0.05) is 16.0 Å². The van der Waals surface area contributed by atoms with E-state index in [0.717, 1.165) is 22.4 Å². The van der Waals surface area contributed by atoms with Crippen molar-refractivity contribution in [3.63, 3.8) is 0 Å². The fourth-order valence-electron chi connectivity index (χ4n) is 2.53. The van der Waals surface area contributed by atoms with Crippen molar-refractivity contribution in [1.82, 2.24) is 0 Å². The molecule has 0 atom stereocenters. The van der Waals surface area contributed by atoms with Gasteiger partial charge in [-0.3, -0.25) is 4.79 Å². The molecule has 0 aliphatic carbocycles. The minimum Gasteiger partial charge on any atom is -0.289 e. The van der Waals surface area contributed by atoms with Crippen molar-refractivity contribution < 1.29 is 4.79 Å². The van der Waals surface area contributed by atoms with Crippen LogP contribution in [-0.2, 0) is 0 Å². The van der Waals surface area contributed by atoms with Crippen molar-refractivity contribution in [3.8, 4) is 11.1 Å². The minimum absolute atomic E-state index is 0.0634. The second-order valence-electron chi connectivity index (χ2n) is 5.65. The highest BCUT2D eigenvalue weighted by Crippen LogP contribution is 2.25. The maximum Gasteiger partial charge on any atom is 0.193 e. The smallest absolute Gasteiger partial charge is 0.193 e. The van der Waals surface area contributed by atoms with Crippen molar-refractivity contribution >= 4 is 17.5 Å². The van der Waals surface area contributed by atoms with Crippen molar-refractivity contribution in [2.75, 3.05) is 5.75 Å². The molecule has 0 unspecified atom stereocenters. The maximum atomic E-state index is 12.4. The van der Waals surface area contributed by atoms with Gasteiger partial charge in [-0.05, 0) is 35.4 Å². The molecule has 1 nitrogen and oxygen atoms in total. The summed E-state index contributed by atoms with van der Waals surface area (Å²) in [6.45, 7) is 2.19. The summed E-state index contributed by atoms with van der Waals surface area (Å²) in [7, 11) is 0. The van der Waals surface area contributed by atoms with E-state index in [2.05, 4.69) is 31.2 Å². The van der Waals surface area contributed by atoms with Crippen molar-refractivity contribution in [2.45, 2.75) is 18.2 Å². The van der Waals surface area contributed by atoms with Crippen LogP contribution in [-0.4, -0.2) is 11.5 Å². The van der Waals surface area contributed by atoms with Crippen LogP contribution in [0, 0.1) is 0 Å². The molecule has 2 heteroatoms. The van der Waals surface area contributed by atoms with Gasteiger partial charge in [0.15, 0.2) is 5.78 Å². The van der Waals surface area contributed by atoms with Crippen LogP contribution in [0.25, 0.3) is 11.1 Å². The van der Waals surface area contributed by atoms with Crippen LogP contribution in [0.3, 0.4) is 0 Å². The van der Waals surface area contributed by atoms with Gasteiger partial charge >= 0.3 is 0 Å². The van der Waals surface area contributed by atoms with Gasteiger partial charge in [-0.25, -0.2) is 0 Å². The molecule has 3 aromatic rings. The lowest BCUT2D eigenvalue weighted by atomic mass is 9.99. The third-order valence-corrected chi connectivity index (χ3v) is 5.06. The predicted molar refractivity (Wildman–Crippen MR) is 103 cm³/mol. The summed E-state index contributed by atoms with van der Waals surface area (Å²) in [4.78, 5) is 13.7. The monoisotopic (exact) mass is 332 g/mol. The zero-order valence-electron chi connectivity index (χ0n) is 13.7. The first-order valence-corrected chi connectivity index (χ1v) is 9.19. The summed E-state index contributed by atoms with van der Waals surface area (Å²) in [5, 5.41) is 0. The predicted octanol–water partition coefficient (Wildman–Crippen LogP) is 6.09. The Bertz CT molecular complexity index is 790. The molecule has 0 bridgehead atoms. The van der Waals surface area contributed by atoms with Crippen LogP contribution in [0.1, 0.15) is 29.3 Å². The summed E-state index contributed by atoms with van der Waals surface area (Å²) in [6.07, 6.45) is 1.18. The third-order valence-electron chi connectivity index (χ3n) is 3.84. The van der Waals surface area contributed by atoms with Crippen LogP contribution in [0.2, 0.25) is 0 Å². The zero-order chi connectivity index (χ0) is 16.8. The molecule has 0 saturated heterocycles. The Morgan fingerprint density at radius 3 is 1.88 bits per heavy atom. The van der Waals surface area contributed by atoms with Gasteiger partial charge in [-0.1, -0.05) is 73.7 Å². The van der Waals surface area contributed by atoms with E-state index in [4.69, 9.17) is 0 Å². The lowest BCUT2D eigenvalue weighted by Gasteiger charge is -2.06. The van der Waals surface area contributed by atoms with Gasteiger partial charge in [0.1, 0.15) is 0 Å². The van der Waals surface area contributed by atoms with Crippen molar-refractivity contribution in [3.05, 3.63) is 90.0 Å². The molecule has 3 rings (SSSR count). The SMILES string of the molecule is CCCSc1ccc(-c2ccc(C(=O)c3ccccc3)cc2)cc1. The molecule has 0 radical (unpaired) electrons. The van der Waals surface area contributed by atoms with Gasteiger partial charge in [0.05, 0.1) is 0 Å². The van der Waals surface area contributed by atoms with E-state index < -0.39 is 0 Å². The van der Waals surface area contributed by atoms with Crippen LogP contribution < -0.4 is 0 Å². The maximum absolute atomic E-state index is 12.4. The van der Waals surface area contributed by atoms with Gasteiger partial charge < -0.3 is 0 Å². The molecule has 0 spiro atoms. The molecule has 24 heavy (non-hydrogen) atoms. The van der Waals surface area contributed by atoms with Gasteiger partial charge in [0.2, 0.25) is 0 Å². The van der Waals surface area contributed by atoms with Crippen LogP contribution in [0.4, 0.5) is 0 Å². The van der Waals surface area contributed by atoms with Crippen molar-refractivity contribution in [1.29, 1.82) is 0 Å². The Kier molecular flexibility index (Phi) is 5.50. The highest BCUT2D eigenvalue weighted by atomic mass is 32.2. The molecule has 3 aromatic carbocycles. The molecule has 0 aliphatic rings. The van der Waals surface area contributed by atoms with E-state index in [1.165, 1.54) is 16.9 Å². The highest BCUT2D eigenvalue weighted by Gasteiger charge is 2.08. The Labute approximate surface area is 147 Å². The largest absolute Gasteiger partial charge is 0.289 e. The fraction of sp³-hybridized carbons (Fsp3) is 0.136. The van der Waals surface area contributed by atoms with E-state index in [1.807, 2.05) is 66.4 Å². The average molecular weight is 332 g/mol. The molecule has 0 aliphatic heterocycles. The first-order valence-electron chi connectivity index (χ1n) is 8.21. The van der Waals surface area contributed by atoms with E-state index in [1.54, 1.807) is 0 Å². The fourth-order valence-corrected chi connectivity index (χ4v) is 3.30. The molecular formula is C22H20OS. The number of rotatable bonds is 6. The number of benzene rings is 3. The molecule has 0 aromatic heterocycles. The normalized spacial score (nSPS) is 10.5. The Hall–Kier alpha value is -2.32. The lowest BCUT2D eigenvalue weighted by Crippen LogP contribution is -2.00. The first kappa shape index (κ1) is 16.5. The van der Waals surface area contributed by atoms with Crippen molar-refractivity contribution in [2.24, 2.45) is 0 Å². The second-order valence-corrected chi connectivity index (χ2v) is 6.81. The summed E-state index contributed by atoms with van der Waals surface area (Å²) >= 11 is 1.88. The van der Waals surface area contributed by atoms with E-state index in [9.17, 15) is 4.79 Å². The summed E-state index contributed by atoms with van der Waals surface area (Å²) < 4.78 is 0. The van der Waals surface area contributed by atoms with Gasteiger partial charge in [-0.15, -0.1) is 11.8 Å². The van der Waals surface area contributed by atoms with Gasteiger partial charge in [0.25, 0.3) is 0 Å². The molecule has 0 heterocycles. The van der Waals surface area contributed by atoms with Crippen LogP contribution in [0.15, 0.2) is 83.8 Å². The number of carbonyl (C=O) groups is 1. The highest BCUT2D eigenvalue weighted by molar-refractivity contribution is 7.99. The Morgan fingerprint density at radius 1 is 0.750 bits per heavy atom. The molecule has 0 saturated carbocycles. The summed E-state index contributed by atoms with van der Waals surface area (Å²) in [5.41, 5.74) is 3.75. The van der Waals surface area contributed by atoms with E-state index in [-0.39, 0.29) is 5.78 Å². The Balaban J connectivity index is 1.76. The summed E-state index contributed by atoms with van der Waals surface area (Å²) in [6, 6.07) is 25.9. The lowest BCUT2D eigenvalue weighted by molar-refractivity contribution is 0.103. The van der Waals surface area contributed by atoms with Crippen LogP contribution in [0.5, 0.6) is 0 Å². The first-order chi connectivity index (χ1) is 11.8. The van der Waals surface area contributed by atoms with Crippen LogP contribution >= 0.6 is 11.8 Å². The standard InChI is InChI=1S/C22H20OS/c1-2-16-24-21-14-12-18(13-15-21)17-8-10-20(11-9-17)22(23)19-6-4-3-5-7-19/h3-15H,2,16H2,1H3. The second kappa shape index (κ2) is 7.98. The minimum atomic E-state index is 0.0634. The number of ketones is 1. The molecule has 0 fully saturated rings. The molecular weight excluding hydrogens is 312 g/mol. The quantitative estimate of drug-likeness (QED) is 0.401. The molecule has 0 amide bonds. The topological polar surface area (TPSA) is 17.1 Å². The van der Waals surface area contributed by atoms with E-state index in [0.29, 0.717) is 0 Å². The van der Waals surface area contributed by atoms with Gasteiger partial charge in [-0.2, -0.15) is 0 Å². The van der Waals surface area contributed by atoms with E-state index >= 15 is 0 Å². The number of hydrogen-bond acceptors (Lipinski definition) is 2.